The van der Waals surface area contributed by atoms with Gasteiger partial charge >= 0.3 is 0 Å². The molecule has 1 aromatic heterocycles. The van der Waals surface area contributed by atoms with Gasteiger partial charge in [-0.1, -0.05) is 0 Å². The first kappa shape index (κ1) is 12.1. The maximum absolute atomic E-state index is 10.7. The molecule has 0 radical (unpaired) electrons. The second kappa shape index (κ2) is 5.31. The van der Waals surface area contributed by atoms with Crippen molar-refractivity contribution in [3.05, 3.63) is 35.9 Å². The summed E-state index contributed by atoms with van der Waals surface area (Å²) in [5, 5.41) is 3.95. The van der Waals surface area contributed by atoms with Gasteiger partial charge < -0.3 is 9.47 Å². The number of hydrogen-bond acceptors (Lipinski definition) is 5. The molecule has 0 saturated heterocycles. The van der Waals surface area contributed by atoms with E-state index in [1.807, 2.05) is 0 Å². The smallest absolute Gasteiger partial charge is 0.164 e. The van der Waals surface area contributed by atoms with Crippen molar-refractivity contribution < 1.29 is 14.3 Å². The Bertz CT molecular complexity index is 551. The molecule has 1 aromatic carbocycles. The lowest BCUT2D eigenvalue weighted by atomic mass is 10.2. The fourth-order valence-corrected chi connectivity index (χ4v) is 1.47. The number of methoxy groups -OCH3 is 1. The molecule has 18 heavy (non-hydrogen) atoms. The molecule has 0 fully saturated rings. The van der Waals surface area contributed by atoms with Gasteiger partial charge in [-0.05, 0) is 18.2 Å². The molecule has 2 rings (SSSR count). The van der Waals surface area contributed by atoms with Crippen molar-refractivity contribution in [3.8, 4) is 11.5 Å². The van der Waals surface area contributed by atoms with Crippen LogP contribution in [0, 0.1) is 0 Å². The number of rotatable bonds is 5. The number of aryl methyl sites for hydroxylation is 1. The second-order valence-corrected chi connectivity index (χ2v) is 3.62. The number of aldehydes is 1. The van der Waals surface area contributed by atoms with Crippen molar-refractivity contribution in [3.63, 3.8) is 0 Å². The van der Waals surface area contributed by atoms with Crippen LogP contribution in [0.3, 0.4) is 0 Å². The van der Waals surface area contributed by atoms with Gasteiger partial charge in [0.15, 0.2) is 17.3 Å². The van der Waals surface area contributed by atoms with E-state index in [1.165, 1.54) is 13.4 Å². The summed E-state index contributed by atoms with van der Waals surface area (Å²) in [5.41, 5.74) is 0.540. The third-order valence-corrected chi connectivity index (χ3v) is 2.49. The van der Waals surface area contributed by atoms with E-state index < -0.39 is 0 Å². The highest BCUT2D eigenvalue weighted by molar-refractivity contribution is 5.76. The lowest BCUT2D eigenvalue weighted by Gasteiger charge is -2.10. The highest BCUT2D eigenvalue weighted by Crippen LogP contribution is 2.28. The van der Waals surface area contributed by atoms with Gasteiger partial charge in [-0.2, -0.15) is 5.10 Å². The summed E-state index contributed by atoms with van der Waals surface area (Å²) in [7, 11) is 3.32. The molecule has 0 N–H and O–H groups in total. The summed E-state index contributed by atoms with van der Waals surface area (Å²) in [4.78, 5) is 14.7. The van der Waals surface area contributed by atoms with Gasteiger partial charge in [0.2, 0.25) is 0 Å². The van der Waals surface area contributed by atoms with Crippen LogP contribution in [0.25, 0.3) is 0 Å². The van der Waals surface area contributed by atoms with Crippen LogP contribution in [-0.2, 0) is 13.7 Å². The summed E-state index contributed by atoms with van der Waals surface area (Å²) in [6, 6.07) is 4.99. The molecule has 0 spiro atoms. The van der Waals surface area contributed by atoms with Crippen LogP contribution < -0.4 is 9.47 Å². The van der Waals surface area contributed by atoms with E-state index in [0.717, 1.165) is 6.29 Å². The fourth-order valence-electron chi connectivity index (χ4n) is 1.47. The van der Waals surface area contributed by atoms with E-state index >= 15 is 0 Å². The van der Waals surface area contributed by atoms with Crippen LogP contribution in [0.5, 0.6) is 11.5 Å². The summed E-state index contributed by atoms with van der Waals surface area (Å²) in [6.45, 7) is 0.285. The van der Waals surface area contributed by atoms with Gasteiger partial charge in [0.25, 0.3) is 0 Å². The van der Waals surface area contributed by atoms with Crippen LogP contribution in [0.1, 0.15) is 16.2 Å². The molecule has 0 unspecified atom stereocenters. The Labute approximate surface area is 104 Å². The molecule has 0 aliphatic carbocycles. The Morgan fingerprint density at radius 3 is 2.83 bits per heavy atom. The van der Waals surface area contributed by atoms with Gasteiger partial charge in [0.05, 0.1) is 7.11 Å². The number of nitrogens with zero attached hydrogens (tertiary/aromatic N) is 3. The zero-order valence-electron chi connectivity index (χ0n) is 10.2. The Balaban J connectivity index is 2.14. The number of hydrogen-bond donors (Lipinski definition) is 0. The van der Waals surface area contributed by atoms with E-state index in [0.29, 0.717) is 22.9 Å². The van der Waals surface area contributed by atoms with Crippen LogP contribution in [0.4, 0.5) is 0 Å². The summed E-state index contributed by atoms with van der Waals surface area (Å²) >= 11 is 0. The molecule has 0 bridgehead atoms. The summed E-state index contributed by atoms with van der Waals surface area (Å²) in [5.74, 6) is 1.78. The number of ether oxygens (including phenoxy) is 2. The van der Waals surface area contributed by atoms with E-state index in [4.69, 9.17) is 9.47 Å². The normalized spacial score (nSPS) is 10.1. The average Bonchev–Trinajstić information content (AvgIpc) is 2.81. The van der Waals surface area contributed by atoms with E-state index in [2.05, 4.69) is 10.1 Å². The third kappa shape index (κ3) is 2.48. The molecule has 0 amide bonds. The molecule has 0 aliphatic heterocycles. The number of aromatic nitrogens is 3. The zero-order chi connectivity index (χ0) is 13.0. The van der Waals surface area contributed by atoms with E-state index in [9.17, 15) is 4.79 Å². The number of carbonyl (C=O) groups excluding carboxylic acids is 1. The molecule has 6 nitrogen and oxygen atoms in total. The summed E-state index contributed by atoms with van der Waals surface area (Å²) < 4.78 is 12.4. The van der Waals surface area contributed by atoms with Crippen LogP contribution in [0.15, 0.2) is 24.5 Å². The highest BCUT2D eigenvalue weighted by Gasteiger charge is 2.07. The predicted octanol–water partition coefficient (Wildman–Crippen LogP) is 1.22. The van der Waals surface area contributed by atoms with Gasteiger partial charge in [-0.15, -0.1) is 0 Å². The molecular weight excluding hydrogens is 234 g/mol. The van der Waals surface area contributed by atoms with E-state index in [1.54, 1.807) is 29.9 Å². The number of carbonyl (C=O) groups is 1. The topological polar surface area (TPSA) is 66.2 Å². The minimum atomic E-state index is 0.285. The molecule has 1 heterocycles. The van der Waals surface area contributed by atoms with Crippen LogP contribution in [-0.4, -0.2) is 28.2 Å². The average molecular weight is 247 g/mol. The van der Waals surface area contributed by atoms with Crippen LogP contribution in [0.2, 0.25) is 0 Å². The standard InChI is InChI=1S/C12H13N3O3/c1-15-12(13-8-14-15)7-18-10-4-3-9(6-16)5-11(10)17-2/h3-6,8H,7H2,1-2H3. The number of benzene rings is 1. The lowest BCUT2D eigenvalue weighted by molar-refractivity contribution is 0.112. The van der Waals surface area contributed by atoms with Gasteiger partial charge in [-0.25, -0.2) is 4.98 Å². The quantitative estimate of drug-likeness (QED) is 0.743. The van der Waals surface area contributed by atoms with Crippen molar-refractivity contribution in [2.75, 3.05) is 7.11 Å². The van der Waals surface area contributed by atoms with Gasteiger partial charge in [-0.3, -0.25) is 9.48 Å². The first-order chi connectivity index (χ1) is 8.74. The molecule has 0 aliphatic rings. The van der Waals surface area contributed by atoms with Crippen molar-refractivity contribution in [1.82, 2.24) is 14.8 Å². The predicted molar refractivity (Wildman–Crippen MR) is 63.7 cm³/mol. The van der Waals surface area contributed by atoms with Gasteiger partial charge in [0.1, 0.15) is 19.2 Å². The molecule has 2 aromatic rings. The van der Waals surface area contributed by atoms with Crippen LogP contribution >= 0.6 is 0 Å². The molecule has 6 heteroatoms. The Morgan fingerprint density at radius 1 is 1.39 bits per heavy atom. The third-order valence-electron chi connectivity index (χ3n) is 2.49. The Hall–Kier alpha value is -2.37. The fraction of sp³-hybridized carbons (Fsp3) is 0.250. The maximum atomic E-state index is 10.7. The monoisotopic (exact) mass is 247 g/mol. The zero-order valence-corrected chi connectivity index (χ0v) is 10.2. The van der Waals surface area contributed by atoms with Crippen molar-refractivity contribution in [2.45, 2.75) is 6.61 Å². The van der Waals surface area contributed by atoms with Crippen molar-refractivity contribution in [1.29, 1.82) is 0 Å². The minimum Gasteiger partial charge on any atom is -0.493 e. The maximum Gasteiger partial charge on any atom is 0.164 e. The largest absolute Gasteiger partial charge is 0.493 e. The second-order valence-electron chi connectivity index (χ2n) is 3.62. The molecular formula is C12H13N3O3. The first-order valence-electron chi connectivity index (χ1n) is 5.33. The molecule has 94 valence electrons. The molecule has 0 saturated carbocycles. The van der Waals surface area contributed by atoms with E-state index in [-0.39, 0.29) is 6.61 Å². The lowest BCUT2D eigenvalue weighted by Crippen LogP contribution is -2.05. The molecule has 0 atom stereocenters. The Kier molecular flexibility index (Phi) is 3.57. The Morgan fingerprint density at radius 2 is 2.22 bits per heavy atom. The van der Waals surface area contributed by atoms with Crippen molar-refractivity contribution in [2.24, 2.45) is 7.05 Å². The van der Waals surface area contributed by atoms with Crippen molar-refractivity contribution >= 4 is 6.29 Å². The summed E-state index contributed by atoms with van der Waals surface area (Å²) in [6.07, 6.45) is 2.22. The van der Waals surface area contributed by atoms with Gasteiger partial charge in [0, 0.05) is 12.6 Å². The minimum absolute atomic E-state index is 0.285. The first-order valence-corrected chi connectivity index (χ1v) is 5.33. The SMILES string of the molecule is COc1cc(C=O)ccc1OCc1ncnn1C. The highest BCUT2D eigenvalue weighted by atomic mass is 16.5.